The molecule has 3 rings (SSSR count). The van der Waals surface area contributed by atoms with E-state index in [2.05, 4.69) is 41.8 Å². The third kappa shape index (κ3) is 1.02. The third-order valence-corrected chi connectivity index (χ3v) is 2.43. The maximum atomic E-state index is 3.27. The lowest BCUT2D eigenvalue weighted by Gasteiger charge is -2.29. The summed E-state index contributed by atoms with van der Waals surface area (Å²) in [5.41, 5.74) is 3.52. The highest BCUT2D eigenvalue weighted by atomic mass is 15.1. The van der Waals surface area contributed by atoms with Crippen molar-refractivity contribution in [1.82, 2.24) is 0 Å². The molecule has 0 aliphatic carbocycles. The molecule has 2 aliphatic rings. The number of anilines is 1. The topological polar surface area (TPSA) is 3.24 Å². The van der Waals surface area contributed by atoms with Crippen molar-refractivity contribution in [3.63, 3.8) is 0 Å². The molecule has 0 amide bonds. The minimum absolute atomic E-state index is 1.15. The van der Waals surface area contributed by atoms with E-state index >= 15 is 0 Å². The predicted molar refractivity (Wildman–Crippen MR) is 57.6 cm³/mol. The van der Waals surface area contributed by atoms with Gasteiger partial charge in [-0.1, -0.05) is 24.3 Å². The fraction of sp³-hybridized carbons (Fsp3) is 0. The van der Waals surface area contributed by atoms with Crippen LogP contribution >= 0.6 is 0 Å². The smallest absolute Gasteiger partial charge is 0.0497 e. The number of fused-ring (bicyclic) bond motifs is 3. The first-order valence-corrected chi connectivity index (χ1v) is 4.65. The van der Waals surface area contributed by atoms with E-state index in [0.29, 0.717) is 0 Å². The van der Waals surface area contributed by atoms with Crippen LogP contribution in [0.25, 0.3) is 0 Å². The van der Waals surface area contributed by atoms with E-state index in [-0.39, 0.29) is 0 Å². The lowest BCUT2D eigenvalue weighted by molar-refractivity contribution is 1.14. The van der Waals surface area contributed by atoms with E-state index in [9.17, 15) is 0 Å². The molecule has 2 radical (unpaired) electrons. The zero-order chi connectivity index (χ0) is 9.38. The van der Waals surface area contributed by atoms with Gasteiger partial charge in [0.2, 0.25) is 0 Å². The van der Waals surface area contributed by atoms with Gasteiger partial charge in [0.1, 0.15) is 0 Å². The standard InChI is InChI=1S/C13H9N/c1-2-7-13-11(5-1)8-9-12-6-3-4-10-14(12)13/h1-7,9-10H. The Hall–Kier alpha value is -1.76. The first-order valence-electron chi connectivity index (χ1n) is 4.65. The average Bonchev–Trinajstić information content (AvgIpc) is 2.29. The summed E-state index contributed by atoms with van der Waals surface area (Å²) in [6.07, 6.45) is 13.5. The summed E-state index contributed by atoms with van der Waals surface area (Å²) < 4.78 is 0. The van der Waals surface area contributed by atoms with E-state index in [4.69, 9.17) is 0 Å². The summed E-state index contributed by atoms with van der Waals surface area (Å²) >= 11 is 0. The normalized spacial score (nSPS) is 17.4. The number of benzene rings is 1. The Morgan fingerprint density at radius 1 is 1.07 bits per heavy atom. The van der Waals surface area contributed by atoms with Crippen LogP contribution < -0.4 is 4.90 Å². The number of hydrogen-bond donors (Lipinski definition) is 0. The molecule has 0 unspecified atom stereocenters. The van der Waals surface area contributed by atoms with E-state index < -0.39 is 0 Å². The molecule has 0 aromatic heterocycles. The number of rotatable bonds is 0. The van der Waals surface area contributed by atoms with Crippen molar-refractivity contribution in [2.24, 2.45) is 0 Å². The van der Waals surface area contributed by atoms with Crippen LogP contribution in [0.2, 0.25) is 0 Å². The van der Waals surface area contributed by atoms with Crippen molar-refractivity contribution < 1.29 is 0 Å². The maximum Gasteiger partial charge on any atom is 0.0497 e. The van der Waals surface area contributed by atoms with Crippen LogP contribution in [-0.2, 0) is 0 Å². The Kier molecular flexibility index (Phi) is 1.57. The molecule has 2 aliphatic heterocycles. The largest absolute Gasteiger partial charge is 0.317 e. The average molecular weight is 179 g/mol. The highest BCUT2D eigenvalue weighted by molar-refractivity contribution is 5.70. The highest BCUT2D eigenvalue weighted by Gasteiger charge is 2.16. The molecule has 0 N–H and O–H groups in total. The second-order valence-corrected chi connectivity index (χ2v) is 3.30. The molecular formula is C13H9N. The summed E-state index contributed by atoms with van der Waals surface area (Å²) in [6, 6.07) is 8.28. The molecular weight excluding hydrogens is 170 g/mol. The van der Waals surface area contributed by atoms with Gasteiger partial charge in [-0.3, -0.25) is 0 Å². The lowest BCUT2D eigenvalue weighted by Crippen LogP contribution is -2.19. The van der Waals surface area contributed by atoms with Crippen molar-refractivity contribution in [1.29, 1.82) is 0 Å². The zero-order valence-corrected chi connectivity index (χ0v) is 7.64. The van der Waals surface area contributed by atoms with Crippen LogP contribution in [0.3, 0.4) is 0 Å². The number of para-hydroxylation sites is 1. The lowest BCUT2D eigenvalue weighted by atomic mass is 10.0. The minimum atomic E-state index is 1.15. The summed E-state index contributed by atoms with van der Waals surface area (Å²) in [5.74, 6) is 0. The van der Waals surface area contributed by atoms with Gasteiger partial charge in [-0.25, -0.2) is 0 Å². The van der Waals surface area contributed by atoms with Gasteiger partial charge in [-0.2, -0.15) is 0 Å². The molecule has 1 nitrogen and oxygen atoms in total. The summed E-state index contributed by atoms with van der Waals surface area (Å²) in [6.45, 7) is 0. The fourth-order valence-corrected chi connectivity index (χ4v) is 1.75. The Morgan fingerprint density at radius 2 is 2.00 bits per heavy atom. The van der Waals surface area contributed by atoms with Gasteiger partial charge >= 0.3 is 0 Å². The van der Waals surface area contributed by atoms with Gasteiger partial charge in [0.25, 0.3) is 0 Å². The van der Waals surface area contributed by atoms with E-state index in [1.165, 1.54) is 11.4 Å². The molecule has 0 saturated carbocycles. The van der Waals surface area contributed by atoms with Gasteiger partial charge in [0.15, 0.2) is 0 Å². The Bertz CT molecular complexity index is 452. The number of allylic oxidation sites excluding steroid dienone is 4. The quantitative estimate of drug-likeness (QED) is 0.592. The van der Waals surface area contributed by atoms with Crippen molar-refractivity contribution >= 4 is 5.69 Å². The monoisotopic (exact) mass is 179 g/mol. The van der Waals surface area contributed by atoms with Gasteiger partial charge < -0.3 is 4.90 Å². The van der Waals surface area contributed by atoms with Gasteiger partial charge in [0, 0.05) is 24.0 Å². The molecule has 1 aromatic rings. The maximum absolute atomic E-state index is 3.27. The van der Waals surface area contributed by atoms with Gasteiger partial charge in [-0.05, 0) is 29.9 Å². The van der Waals surface area contributed by atoms with Crippen LogP contribution in [0.5, 0.6) is 0 Å². The molecule has 14 heavy (non-hydrogen) atoms. The van der Waals surface area contributed by atoms with Crippen LogP contribution in [0, 0.1) is 6.42 Å². The molecule has 1 aromatic carbocycles. The van der Waals surface area contributed by atoms with Crippen LogP contribution in [0.15, 0.2) is 60.5 Å². The zero-order valence-electron chi connectivity index (χ0n) is 7.64. The molecule has 1 heteroatoms. The summed E-state index contributed by atoms with van der Waals surface area (Å²) in [7, 11) is 0. The van der Waals surface area contributed by atoms with Crippen molar-refractivity contribution in [2.45, 2.75) is 0 Å². The van der Waals surface area contributed by atoms with Crippen LogP contribution in [-0.4, -0.2) is 0 Å². The molecule has 2 heterocycles. The first kappa shape index (κ1) is 7.63. The Balaban J connectivity index is 2.15. The molecule has 0 spiro atoms. The number of nitrogens with zero attached hydrogens (tertiary/aromatic N) is 1. The highest BCUT2D eigenvalue weighted by Crippen LogP contribution is 2.32. The SMILES string of the molecule is [C]1C=C2C=CC=CN2c2ccccc21. The van der Waals surface area contributed by atoms with Gasteiger partial charge in [0.05, 0.1) is 0 Å². The third-order valence-electron chi connectivity index (χ3n) is 2.43. The molecule has 0 fully saturated rings. The van der Waals surface area contributed by atoms with E-state index in [0.717, 1.165) is 5.56 Å². The second kappa shape index (κ2) is 2.88. The molecule has 0 saturated heterocycles. The second-order valence-electron chi connectivity index (χ2n) is 3.30. The van der Waals surface area contributed by atoms with Crippen LogP contribution in [0.4, 0.5) is 5.69 Å². The summed E-state index contributed by atoms with van der Waals surface area (Å²) in [5, 5.41) is 0. The van der Waals surface area contributed by atoms with E-state index in [1.807, 2.05) is 24.3 Å². The Labute approximate surface area is 83.7 Å². The predicted octanol–water partition coefficient (Wildman–Crippen LogP) is 2.90. The van der Waals surface area contributed by atoms with Crippen molar-refractivity contribution in [2.75, 3.05) is 4.90 Å². The fourth-order valence-electron chi connectivity index (χ4n) is 1.75. The first-order chi connectivity index (χ1) is 6.95. The molecule has 0 atom stereocenters. The van der Waals surface area contributed by atoms with Gasteiger partial charge in [-0.15, -0.1) is 0 Å². The minimum Gasteiger partial charge on any atom is -0.317 e. The Morgan fingerprint density at radius 3 is 3.00 bits per heavy atom. The summed E-state index contributed by atoms with van der Waals surface area (Å²) in [4.78, 5) is 2.17. The molecule has 0 bridgehead atoms. The molecule has 66 valence electrons. The van der Waals surface area contributed by atoms with Crippen molar-refractivity contribution in [3.05, 3.63) is 72.5 Å². The van der Waals surface area contributed by atoms with Crippen LogP contribution in [0.1, 0.15) is 5.56 Å². The number of hydrogen-bond acceptors (Lipinski definition) is 1. The van der Waals surface area contributed by atoms with Crippen molar-refractivity contribution in [3.8, 4) is 0 Å². The van der Waals surface area contributed by atoms with E-state index in [1.54, 1.807) is 0 Å².